The lowest BCUT2D eigenvalue weighted by Gasteiger charge is -2.29. The Balaban J connectivity index is 0.00000128. The normalized spacial score (nSPS) is 41.6. The molecule has 6 nitrogen and oxygen atoms in total. The molecule has 16 heavy (non-hydrogen) atoms. The monoisotopic (exact) mass is 236 g/mol. The van der Waals surface area contributed by atoms with E-state index in [1.807, 2.05) is 0 Å². The van der Waals surface area contributed by atoms with Gasteiger partial charge in [0, 0.05) is 0 Å². The van der Waals surface area contributed by atoms with Crippen molar-refractivity contribution in [2.75, 3.05) is 0 Å². The van der Waals surface area contributed by atoms with Crippen LogP contribution in [-0.2, 0) is 14.2 Å². The van der Waals surface area contributed by atoms with Crippen LogP contribution in [0.25, 0.3) is 0 Å². The van der Waals surface area contributed by atoms with Crippen LogP contribution in [0.1, 0.15) is 27.7 Å². The van der Waals surface area contributed by atoms with E-state index in [-0.39, 0.29) is 5.48 Å². The van der Waals surface area contributed by atoms with Crippen molar-refractivity contribution in [1.29, 1.82) is 0 Å². The molecule has 2 heterocycles. The van der Waals surface area contributed by atoms with E-state index < -0.39 is 36.0 Å². The molecule has 2 saturated heterocycles. The highest BCUT2D eigenvalue weighted by atomic mass is 16.8. The summed E-state index contributed by atoms with van der Waals surface area (Å²) >= 11 is 0. The predicted molar refractivity (Wildman–Crippen MR) is 54.6 cm³/mol. The van der Waals surface area contributed by atoms with Crippen molar-refractivity contribution in [3.8, 4) is 0 Å². The summed E-state index contributed by atoms with van der Waals surface area (Å²) in [5.74, 6) is -0.733. The largest absolute Gasteiger partial charge is 0.412 e. The fourth-order valence-corrected chi connectivity index (χ4v) is 2.15. The van der Waals surface area contributed by atoms with E-state index >= 15 is 0 Å². The van der Waals surface area contributed by atoms with E-state index in [0.29, 0.717) is 0 Å². The van der Waals surface area contributed by atoms with E-state index in [4.69, 9.17) is 14.2 Å². The van der Waals surface area contributed by atoms with Crippen LogP contribution >= 0.6 is 0 Å². The molecule has 0 radical (unpaired) electrons. The topological polar surface area (TPSA) is 99.7 Å². The zero-order valence-electron chi connectivity index (χ0n) is 9.93. The standard InChI is InChI=1S/C10H18O5.H2O/c1-9(2,12)7-5-6(8(11)13-7)15-10(3,4)14-5;/h5-8,11-12H,1-4H3;1H2/t5-,6+,7+,8+;/m0./s1. The summed E-state index contributed by atoms with van der Waals surface area (Å²) in [6, 6.07) is 0. The summed E-state index contributed by atoms with van der Waals surface area (Å²) in [5, 5.41) is 19.5. The molecule has 0 aromatic carbocycles. The van der Waals surface area contributed by atoms with Crippen molar-refractivity contribution in [3.63, 3.8) is 0 Å². The molecule has 0 amide bonds. The Kier molecular flexibility index (Phi) is 3.37. The van der Waals surface area contributed by atoms with E-state index in [2.05, 4.69) is 0 Å². The number of hydrogen-bond acceptors (Lipinski definition) is 5. The first-order valence-corrected chi connectivity index (χ1v) is 5.12. The summed E-state index contributed by atoms with van der Waals surface area (Å²) < 4.78 is 16.4. The number of aliphatic hydroxyl groups is 2. The van der Waals surface area contributed by atoms with Gasteiger partial charge in [-0.1, -0.05) is 0 Å². The molecule has 0 aromatic heterocycles. The smallest absolute Gasteiger partial charge is 0.184 e. The zero-order valence-corrected chi connectivity index (χ0v) is 9.93. The average molecular weight is 236 g/mol. The first-order valence-electron chi connectivity index (χ1n) is 5.12. The molecular weight excluding hydrogens is 216 g/mol. The van der Waals surface area contributed by atoms with Crippen LogP contribution in [0.2, 0.25) is 0 Å². The summed E-state index contributed by atoms with van der Waals surface area (Å²) in [4.78, 5) is 0. The first-order chi connectivity index (χ1) is 6.71. The van der Waals surface area contributed by atoms with Gasteiger partial charge in [-0.15, -0.1) is 0 Å². The number of rotatable bonds is 1. The molecule has 2 aliphatic rings. The van der Waals surface area contributed by atoms with Gasteiger partial charge in [0.2, 0.25) is 0 Å². The van der Waals surface area contributed by atoms with Gasteiger partial charge in [0.15, 0.2) is 12.1 Å². The van der Waals surface area contributed by atoms with Crippen molar-refractivity contribution < 1.29 is 29.9 Å². The van der Waals surface area contributed by atoms with Gasteiger partial charge >= 0.3 is 0 Å². The van der Waals surface area contributed by atoms with E-state index in [0.717, 1.165) is 0 Å². The van der Waals surface area contributed by atoms with E-state index in [9.17, 15) is 10.2 Å². The average Bonchev–Trinajstić information content (AvgIpc) is 2.45. The molecule has 0 unspecified atom stereocenters. The van der Waals surface area contributed by atoms with Gasteiger partial charge in [-0.05, 0) is 27.7 Å². The maximum absolute atomic E-state index is 9.88. The maximum atomic E-state index is 9.88. The van der Waals surface area contributed by atoms with Crippen LogP contribution in [0.5, 0.6) is 0 Å². The molecule has 0 saturated carbocycles. The summed E-state index contributed by atoms with van der Waals surface area (Å²) in [5.41, 5.74) is -1.07. The Morgan fingerprint density at radius 1 is 1.12 bits per heavy atom. The third-order valence-corrected chi connectivity index (χ3v) is 2.73. The fraction of sp³-hybridized carbons (Fsp3) is 1.00. The maximum Gasteiger partial charge on any atom is 0.184 e. The van der Waals surface area contributed by atoms with Crippen molar-refractivity contribution >= 4 is 0 Å². The Hall–Kier alpha value is -0.240. The zero-order chi connectivity index (χ0) is 11.4. The lowest BCUT2D eigenvalue weighted by molar-refractivity contribution is -0.239. The van der Waals surface area contributed by atoms with Gasteiger partial charge < -0.3 is 29.9 Å². The minimum absolute atomic E-state index is 0. The molecule has 0 aromatic rings. The number of hydrogen-bond donors (Lipinski definition) is 2. The molecule has 4 atom stereocenters. The second kappa shape index (κ2) is 3.90. The predicted octanol–water partition coefficient (Wildman–Crippen LogP) is -0.830. The molecule has 0 aliphatic carbocycles. The minimum atomic E-state index is -1.07. The summed E-state index contributed by atoms with van der Waals surface area (Å²) in [6.07, 6.45) is -2.54. The second-order valence-corrected chi connectivity index (χ2v) is 5.17. The van der Waals surface area contributed by atoms with Gasteiger partial charge in [0.1, 0.15) is 18.3 Å². The van der Waals surface area contributed by atoms with Crippen LogP contribution < -0.4 is 0 Å². The molecule has 4 N–H and O–H groups in total. The number of ether oxygens (including phenoxy) is 3. The summed E-state index contributed by atoms with van der Waals surface area (Å²) in [6.45, 7) is 6.81. The van der Waals surface area contributed by atoms with E-state index in [1.165, 1.54) is 0 Å². The van der Waals surface area contributed by atoms with E-state index in [1.54, 1.807) is 27.7 Å². The van der Waals surface area contributed by atoms with Crippen molar-refractivity contribution in [2.45, 2.75) is 63.7 Å². The quantitative estimate of drug-likeness (QED) is 0.619. The van der Waals surface area contributed by atoms with Crippen molar-refractivity contribution in [1.82, 2.24) is 0 Å². The lowest BCUT2D eigenvalue weighted by atomic mass is 9.96. The molecule has 0 spiro atoms. The Bertz CT molecular complexity index is 259. The van der Waals surface area contributed by atoms with Gasteiger partial charge in [-0.3, -0.25) is 0 Å². The molecule has 0 bridgehead atoms. The molecule has 2 rings (SSSR count). The van der Waals surface area contributed by atoms with Crippen molar-refractivity contribution in [3.05, 3.63) is 0 Å². The SMILES string of the molecule is CC1(C)O[C@@H]2[C@H](O1)[C@H](C(C)(C)O)O[C@H]2O.O. The molecule has 2 aliphatic heterocycles. The van der Waals surface area contributed by atoms with Crippen LogP contribution in [0.15, 0.2) is 0 Å². The molecule has 6 heteroatoms. The van der Waals surface area contributed by atoms with Gasteiger partial charge in [0.25, 0.3) is 0 Å². The highest BCUT2D eigenvalue weighted by molar-refractivity contribution is 5.00. The Morgan fingerprint density at radius 3 is 2.12 bits per heavy atom. The minimum Gasteiger partial charge on any atom is -0.412 e. The molecule has 2 fully saturated rings. The van der Waals surface area contributed by atoms with Gasteiger partial charge in [0.05, 0.1) is 5.60 Å². The molecule has 96 valence electrons. The number of fused-ring (bicyclic) bond motifs is 1. The lowest BCUT2D eigenvalue weighted by Crippen LogP contribution is -2.45. The Morgan fingerprint density at radius 2 is 1.62 bits per heavy atom. The fourth-order valence-electron chi connectivity index (χ4n) is 2.15. The van der Waals surface area contributed by atoms with Crippen LogP contribution in [0.4, 0.5) is 0 Å². The Labute approximate surface area is 94.4 Å². The van der Waals surface area contributed by atoms with Gasteiger partial charge in [-0.2, -0.15) is 0 Å². The highest BCUT2D eigenvalue weighted by Gasteiger charge is 2.58. The highest BCUT2D eigenvalue weighted by Crippen LogP contribution is 2.40. The third-order valence-electron chi connectivity index (χ3n) is 2.73. The van der Waals surface area contributed by atoms with Crippen LogP contribution in [0, 0.1) is 0 Å². The van der Waals surface area contributed by atoms with Gasteiger partial charge in [-0.25, -0.2) is 0 Å². The summed E-state index contributed by atoms with van der Waals surface area (Å²) in [7, 11) is 0. The van der Waals surface area contributed by atoms with Crippen molar-refractivity contribution in [2.24, 2.45) is 0 Å². The molecular formula is C10H20O6. The first kappa shape index (κ1) is 13.8. The number of aliphatic hydroxyl groups excluding tert-OH is 1. The van der Waals surface area contributed by atoms with Crippen LogP contribution in [-0.4, -0.2) is 51.7 Å². The third kappa shape index (κ3) is 2.22. The van der Waals surface area contributed by atoms with Crippen LogP contribution in [0.3, 0.4) is 0 Å². The second-order valence-electron chi connectivity index (χ2n) is 5.17.